The molecule has 0 radical (unpaired) electrons. The van der Waals surface area contributed by atoms with Crippen molar-refractivity contribution in [3.8, 4) is 0 Å². The molecule has 0 bridgehead atoms. The lowest BCUT2D eigenvalue weighted by atomic mass is 10.1. The first-order valence-corrected chi connectivity index (χ1v) is 5.33. The molecule has 1 aromatic rings. The van der Waals surface area contributed by atoms with E-state index in [0.29, 0.717) is 0 Å². The molecular weight excluding hydrogens is 265 g/mol. The van der Waals surface area contributed by atoms with E-state index in [-0.39, 0.29) is 24.1 Å². The number of nitrogens with one attached hydrogen (secondary N) is 1. The lowest BCUT2D eigenvalue weighted by Gasteiger charge is -2.08. The molecule has 0 saturated heterocycles. The SMILES string of the molecule is O=C(O)c1cnccc1C(=O)NCCCC(F)(F)F. The molecule has 1 rings (SSSR count). The van der Waals surface area contributed by atoms with Crippen molar-refractivity contribution in [2.45, 2.75) is 19.0 Å². The van der Waals surface area contributed by atoms with Crippen molar-refractivity contribution in [3.63, 3.8) is 0 Å². The first-order chi connectivity index (χ1) is 8.81. The van der Waals surface area contributed by atoms with Gasteiger partial charge >= 0.3 is 12.1 Å². The summed E-state index contributed by atoms with van der Waals surface area (Å²) in [7, 11) is 0. The third-order valence-electron chi connectivity index (χ3n) is 2.22. The van der Waals surface area contributed by atoms with Crippen molar-refractivity contribution < 1.29 is 27.9 Å². The molecule has 0 fully saturated rings. The van der Waals surface area contributed by atoms with Crippen LogP contribution in [0.15, 0.2) is 18.5 Å². The van der Waals surface area contributed by atoms with Gasteiger partial charge in [-0.25, -0.2) is 4.79 Å². The smallest absolute Gasteiger partial charge is 0.389 e. The molecule has 2 N–H and O–H groups in total. The molecule has 0 saturated carbocycles. The number of carboxylic acid groups (broad SMARTS) is 1. The minimum atomic E-state index is -4.27. The number of alkyl halides is 3. The zero-order valence-electron chi connectivity index (χ0n) is 9.70. The number of nitrogens with zero attached hydrogens (tertiary/aromatic N) is 1. The van der Waals surface area contributed by atoms with Gasteiger partial charge in [0.1, 0.15) is 0 Å². The number of amides is 1. The highest BCUT2D eigenvalue weighted by atomic mass is 19.4. The number of pyridine rings is 1. The van der Waals surface area contributed by atoms with E-state index in [1.54, 1.807) is 0 Å². The Labute approximate surface area is 106 Å². The molecule has 0 atom stereocenters. The quantitative estimate of drug-likeness (QED) is 0.804. The Morgan fingerprint density at radius 3 is 2.58 bits per heavy atom. The highest BCUT2D eigenvalue weighted by molar-refractivity contribution is 6.04. The fourth-order valence-electron chi connectivity index (χ4n) is 1.35. The van der Waals surface area contributed by atoms with Gasteiger partial charge in [-0.15, -0.1) is 0 Å². The van der Waals surface area contributed by atoms with Crippen LogP contribution >= 0.6 is 0 Å². The number of rotatable bonds is 5. The van der Waals surface area contributed by atoms with Gasteiger partial charge < -0.3 is 10.4 Å². The molecular formula is C11H11F3N2O3. The maximum atomic E-state index is 11.9. The molecule has 1 aromatic heterocycles. The molecule has 0 spiro atoms. The molecule has 0 aliphatic rings. The van der Waals surface area contributed by atoms with Crippen LogP contribution in [0.25, 0.3) is 0 Å². The molecule has 0 unspecified atom stereocenters. The van der Waals surface area contributed by atoms with Crippen LogP contribution in [0, 0.1) is 0 Å². The summed E-state index contributed by atoms with van der Waals surface area (Å²) in [5, 5.41) is 11.1. The van der Waals surface area contributed by atoms with E-state index in [1.165, 1.54) is 12.3 Å². The summed E-state index contributed by atoms with van der Waals surface area (Å²) in [6, 6.07) is 1.20. The molecule has 19 heavy (non-hydrogen) atoms. The van der Waals surface area contributed by atoms with Gasteiger partial charge in [-0.3, -0.25) is 9.78 Å². The Kier molecular flexibility index (Phi) is 4.85. The van der Waals surface area contributed by atoms with Gasteiger partial charge in [0.15, 0.2) is 0 Å². The van der Waals surface area contributed by atoms with Crippen molar-refractivity contribution in [2.24, 2.45) is 0 Å². The third-order valence-corrected chi connectivity index (χ3v) is 2.22. The molecule has 1 amide bonds. The average molecular weight is 276 g/mol. The average Bonchev–Trinajstić information content (AvgIpc) is 2.33. The maximum absolute atomic E-state index is 11.9. The van der Waals surface area contributed by atoms with Gasteiger partial charge in [0.2, 0.25) is 0 Å². The second-order valence-corrected chi connectivity index (χ2v) is 3.70. The van der Waals surface area contributed by atoms with Crippen LogP contribution in [-0.4, -0.2) is 34.7 Å². The van der Waals surface area contributed by atoms with Crippen molar-refractivity contribution in [1.82, 2.24) is 10.3 Å². The summed E-state index contributed by atoms with van der Waals surface area (Å²) in [6.07, 6.45) is -3.30. The summed E-state index contributed by atoms with van der Waals surface area (Å²) in [5.41, 5.74) is -0.426. The summed E-state index contributed by atoms with van der Waals surface area (Å²) >= 11 is 0. The van der Waals surface area contributed by atoms with Crippen LogP contribution in [0.1, 0.15) is 33.6 Å². The zero-order chi connectivity index (χ0) is 14.5. The van der Waals surface area contributed by atoms with Crippen molar-refractivity contribution >= 4 is 11.9 Å². The van der Waals surface area contributed by atoms with E-state index < -0.39 is 24.5 Å². The topological polar surface area (TPSA) is 79.3 Å². The number of halogens is 3. The molecule has 8 heteroatoms. The van der Waals surface area contributed by atoms with Crippen LogP contribution in [0.2, 0.25) is 0 Å². The fourth-order valence-corrected chi connectivity index (χ4v) is 1.35. The van der Waals surface area contributed by atoms with Crippen LogP contribution in [0.3, 0.4) is 0 Å². The van der Waals surface area contributed by atoms with Crippen LogP contribution in [0.5, 0.6) is 0 Å². The summed E-state index contributed by atoms with van der Waals surface area (Å²) in [5.74, 6) is -2.06. The molecule has 0 aliphatic carbocycles. The van der Waals surface area contributed by atoms with Crippen LogP contribution in [0.4, 0.5) is 13.2 Å². The van der Waals surface area contributed by atoms with Gasteiger partial charge in [-0.1, -0.05) is 0 Å². The predicted octanol–water partition coefficient (Wildman–Crippen LogP) is 1.85. The highest BCUT2D eigenvalue weighted by Crippen LogP contribution is 2.20. The monoisotopic (exact) mass is 276 g/mol. The number of hydrogen-bond donors (Lipinski definition) is 2. The molecule has 0 aliphatic heterocycles. The Morgan fingerprint density at radius 2 is 2.00 bits per heavy atom. The maximum Gasteiger partial charge on any atom is 0.389 e. The standard InChI is InChI=1S/C11H11F3N2O3/c12-11(13,14)3-1-4-16-9(17)7-2-5-15-6-8(7)10(18)19/h2,5-6H,1,3-4H2,(H,16,17)(H,18,19). The van der Waals surface area contributed by atoms with Gasteiger partial charge in [0, 0.05) is 25.4 Å². The van der Waals surface area contributed by atoms with Crippen LogP contribution < -0.4 is 5.32 Å². The Hall–Kier alpha value is -2.12. The van der Waals surface area contributed by atoms with E-state index in [0.717, 1.165) is 6.20 Å². The molecule has 5 nitrogen and oxygen atoms in total. The highest BCUT2D eigenvalue weighted by Gasteiger charge is 2.26. The number of carbonyl (C=O) groups is 2. The predicted molar refractivity (Wildman–Crippen MR) is 58.8 cm³/mol. The van der Waals surface area contributed by atoms with Crippen molar-refractivity contribution in [3.05, 3.63) is 29.6 Å². The van der Waals surface area contributed by atoms with Crippen LogP contribution in [-0.2, 0) is 0 Å². The number of carbonyl (C=O) groups excluding carboxylic acids is 1. The van der Waals surface area contributed by atoms with Crippen molar-refractivity contribution in [1.29, 1.82) is 0 Å². The molecule has 104 valence electrons. The largest absolute Gasteiger partial charge is 0.478 e. The lowest BCUT2D eigenvalue weighted by Crippen LogP contribution is -2.27. The number of aromatic nitrogens is 1. The number of hydrogen-bond acceptors (Lipinski definition) is 3. The van der Waals surface area contributed by atoms with E-state index >= 15 is 0 Å². The van der Waals surface area contributed by atoms with Crippen molar-refractivity contribution in [2.75, 3.05) is 6.54 Å². The minimum absolute atomic E-state index is 0.130. The van der Waals surface area contributed by atoms with E-state index in [9.17, 15) is 22.8 Å². The first kappa shape index (κ1) is 14.9. The second-order valence-electron chi connectivity index (χ2n) is 3.70. The minimum Gasteiger partial charge on any atom is -0.478 e. The van der Waals surface area contributed by atoms with Gasteiger partial charge in [0.05, 0.1) is 11.1 Å². The zero-order valence-corrected chi connectivity index (χ0v) is 9.70. The fraction of sp³-hybridized carbons (Fsp3) is 0.364. The summed E-state index contributed by atoms with van der Waals surface area (Å²) < 4.78 is 35.6. The number of carboxylic acids is 1. The summed E-state index contributed by atoms with van der Waals surface area (Å²) in [4.78, 5) is 26.0. The normalized spacial score (nSPS) is 11.1. The molecule has 0 aromatic carbocycles. The van der Waals surface area contributed by atoms with E-state index in [4.69, 9.17) is 5.11 Å². The Balaban J connectivity index is 2.57. The van der Waals surface area contributed by atoms with Gasteiger partial charge in [-0.05, 0) is 12.5 Å². The second kappa shape index (κ2) is 6.17. The third kappa shape index (κ3) is 4.94. The first-order valence-electron chi connectivity index (χ1n) is 5.33. The van der Waals surface area contributed by atoms with Gasteiger partial charge in [-0.2, -0.15) is 13.2 Å². The van der Waals surface area contributed by atoms with Gasteiger partial charge in [0.25, 0.3) is 5.91 Å². The summed E-state index contributed by atoms with van der Waals surface area (Å²) in [6.45, 7) is -0.181. The molecule has 1 heterocycles. The number of aromatic carboxylic acids is 1. The van der Waals surface area contributed by atoms with E-state index in [2.05, 4.69) is 10.3 Å². The Bertz CT molecular complexity index is 474. The lowest BCUT2D eigenvalue weighted by molar-refractivity contribution is -0.135. The Morgan fingerprint density at radius 1 is 1.32 bits per heavy atom. The van der Waals surface area contributed by atoms with E-state index in [1.807, 2.05) is 0 Å².